The summed E-state index contributed by atoms with van der Waals surface area (Å²) in [6.45, 7) is 5.36. The van der Waals surface area contributed by atoms with E-state index in [2.05, 4.69) is 10.6 Å². The number of benzene rings is 1. The molecule has 23 heavy (non-hydrogen) atoms. The van der Waals surface area contributed by atoms with E-state index in [9.17, 15) is 14.4 Å². The summed E-state index contributed by atoms with van der Waals surface area (Å²) in [5, 5.41) is 5.50. The number of nitrogens with zero attached hydrogens (tertiary/aromatic N) is 1. The summed E-state index contributed by atoms with van der Waals surface area (Å²) >= 11 is 0. The second-order valence-corrected chi connectivity index (χ2v) is 6.66. The minimum absolute atomic E-state index is 0.186. The zero-order valence-corrected chi connectivity index (χ0v) is 13.6. The van der Waals surface area contributed by atoms with Gasteiger partial charge in [0.1, 0.15) is 12.1 Å². The third-order valence-electron chi connectivity index (χ3n) is 4.65. The van der Waals surface area contributed by atoms with Crippen LogP contribution in [0.4, 0.5) is 10.5 Å². The number of carbonyl (C=O) groups is 3. The molecule has 0 bridgehead atoms. The van der Waals surface area contributed by atoms with Crippen molar-refractivity contribution in [2.24, 2.45) is 5.92 Å². The minimum atomic E-state index is -0.850. The summed E-state index contributed by atoms with van der Waals surface area (Å²) in [6.07, 6.45) is 1.87. The molecule has 1 aliphatic carbocycles. The van der Waals surface area contributed by atoms with Crippen LogP contribution < -0.4 is 10.6 Å². The molecule has 2 N–H and O–H groups in total. The zero-order chi connectivity index (χ0) is 16.8. The molecule has 0 unspecified atom stereocenters. The highest BCUT2D eigenvalue weighted by atomic mass is 16.2. The van der Waals surface area contributed by atoms with Gasteiger partial charge in [-0.3, -0.25) is 14.5 Å². The van der Waals surface area contributed by atoms with E-state index in [0.29, 0.717) is 5.69 Å². The zero-order valence-electron chi connectivity index (χ0n) is 13.6. The molecule has 0 radical (unpaired) electrons. The van der Waals surface area contributed by atoms with Gasteiger partial charge in [-0.05, 0) is 51.2 Å². The summed E-state index contributed by atoms with van der Waals surface area (Å²) < 4.78 is 0. The number of imide groups is 1. The molecular weight excluding hydrogens is 294 g/mol. The van der Waals surface area contributed by atoms with Crippen molar-refractivity contribution in [1.29, 1.82) is 0 Å². The summed E-state index contributed by atoms with van der Waals surface area (Å²) in [6, 6.07) is 5.21. The van der Waals surface area contributed by atoms with E-state index < -0.39 is 11.6 Å². The van der Waals surface area contributed by atoms with Crippen molar-refractivity contribution in [3.63, 3.8) is 0 Å². The van der Waals surface area contributed by atoms with Crippen molar-refractivity contribution < 1.29 is 14.4 Å². The Bertz CT molecular complexity index is 696. The lowest BCUT2D eigenvalue weighted by molar-refractivity contribution is -0.134. The second-order valence-electron chi connectivity index (χ2n) is 6.66. The molecule has 1 saturated carbocycles. The van der Waals surface area contributed by atoms with E-state index in [1.54, 1.807) is 6.92 Å². The highest BCUT2D eigenvalue weighted by Gasteiger charge is 2.56. The molecule has 3 rings (SSSR count). The van der Waals surface area contributed by atoms with Crippen LogP contribution in [-0.2, 0) is 9.59 Å². The van der Waals surface area contributed by atoms with Gasteiger partial charge in [0.05, 0.1) is 0 Å². The molecule has 1 aromatic rings. The number of rotatable bonds is 4. The fourth-order valence-electron chi connectivity index (χ4n) is 3.08. The van der Waals surface area contributed by atoms with E-state index in [1.165, 1.54) is 0 Å². The smallest absolute Gasteiger partial charge is 0.324 e. The van der Waals surface area contributed by atoms with Crippen molar-refractivity contribution in [2.75, 3.05) is 11.9 Å². The fourth-order valence-corrected chi connectivity index (χ4v) is 3.08. The lowest BCUT2D eigenvalue weighted by atomic mass is 9.96. The molecular formula is C17H21N3O3. The third kappa shape index (κ3) is 2.81. The van der Waals surface area contributed by atoms with Gasteiger partial charge in [0, 0.05) is 5.69 Å². The molecule has 0 spiro atoms. The van der Waals surface area contributed by atoms with Crippen molar-refractivity contribution in [3.05, 3.63) is 29.3 Å². The molecule has 1 saturated heterocycles. The average Bonchev–Trinajstić information content (AvgIpc) is 3.28. The Morgan fingerprint density at radius 3 is 2.65 bits per heavy atom. The first kappa shape index (κ1) is 15.5. The molecule has 1 aromatic carbocycles. The van der Waals surface area contributed by atoms with Gasteiger partial charge in [-0.15, -0.1) is 0 Å². The molecule has 1 aliphatic heterocycles. The normalized spacial score (nSPS) is 23.9. The first-order chi connectivity index (χ1) is 10.8. The molecule has 2 fully saturated rings. The van der Waals surface area contributed by atoms with Crippen LogP contribution in [0.1, 0.15) is 30.9 Å². The molecule has 6 heteroatoms. The van der Waals surface area contributed by atoms with E-state index >= 15 is 0 Å². The quantitative estimate of drug-likeness (QED) is 0.834. The maximum atomic E-state index is 12.5. The number of anilines is 1. The molecule has 4 amide bonds. The number of nitrogens with one attached hydrogen (secondary N) is 2. The molecule has 6 nitrogen and oxygen atoms in total. The van der Waals surface area contributed by atoms with Gasteiger partial charge >= 0.3 is 6.03 Å². The number of amides is 4. The average molecular weight is 315 g/mol. The fraction of sp³-hybridized carbons (Fsp3) is 0.471. The Morgan fingerprint density at radius 1 is 1.35 bits per heavy atom. The summed E-state index contributed by atoms with van der Waals surface area (Å²) in [4.78, 5) is 37.7. The number of aryl methyl sites for hydroxylation is 2. The summed E-state index contributed by atoms with van der Waals surface area (Å²) in [7, 11) is 0. The predicted octanol–water partition coefficient (Wildman–Crippen LogP) is 1.96. The van der Waals surface area contributed by atoms with E-state index in [4.69, 9.17) is 0 Å². The first-order valence-corrected chi connectivity index (χ1v) is 7.82. The summed E-state index contributed by atoms with van der Waals surface area (Å²) in [5.41, 5.74) is 1.89. The van der Waals surface area contributed by atoms with Gasteiger partial charge < -0.3 is 10.6 Å². The third-order valence-corrected chi connectivity index (χ3v) is 4.65. The molecule has 122 valence electrons. The van der Waals surface area contributed by atoms with E-state index in [-0.39, 0.29) is 24.3 Å². The SMILES string of the molecule is Cc1ccc(NC(=O)CN2C(=O)N[C@](C)(C3CC3)C2=O)c(C)c1. The summed E-state index contributed by atoms with van der Waals surface area (Å²) in [5.74, 6) is -0.493. The van der Waals surface area contributed by atoms with Gasteiger partial charge in [0.25, 0.3) is 5.91 Å². The van der Waals surface area contributed by atoms with Gasteiger partial charge in [-0.25, -0.2) is 4.79 Å². The second kappa shape index (κ2) is 5.37. The standard InChI is InChI=1S/C17H21N3O3/c1-10-4-7-13(11(2)8-10)18-14(21)9-20-15(22)17(3,12-5-6-12)19-16(20)23/h4,7-8,12H,5-6,9H2,1-3H3,(H,18,21)(H,19,23)/t17-/m1/s1. The molecule has 1 heterocycles. The first-order valence-electron chi connectivity index (χ1n) is 7.82. The highest BCUT2D eigenvalue weighted by molar-refractivity contribution is 6.10. The van der Waals surface area contributed by atoms with Crippen LogP contribution in [0.2, 0.25) is 0 Å². The maximum Gasteiger partial charge on any atom is 0.325 e. The van der Waals surface area contributed by atoms with Crippen LogP contribution in [0.3, 0.4) is 0 Å². The van der Waals surface area contributed by atoms with Crippen molar-refractivity contribution in [2.45, 2.75) is 39.2 Å². The van der Waals surface area contributed by atoms with Crippen LogP contribution in [-0.4, -0.2) is 34.8 Å². The Balaban J connectivity index is 1.68. The topological polar surface area (TPSA) is 78.5 Å². The highest BCUT2D eigenvalue weighted by Crippen LogP contribution is 2.42. The lowest BCUT2D eigenvalue weighted by Gasteiger charge is -2.20. The lowest BCUT2D eigenvalue weighted by Crippen LogP contribution is -2.46. The largest absolute Gasteiger partial charge is 0.325 e. The van der Waals surface area contributed by atoms with Crippen LogP contribution in [0.25, 0.3) is 0 Å². The van der Waals surface area contributed by atoms with Gasteiger partial charge in [0.15, 0.2) is 0 Å². The monoisotopic (exact) mass is 315 g/mol. The minimum Gasteiger partial charge on any atom is -0.324 e. The van der Waals surface area contributed by atoms with Gasteiger partial charge in [-0.2, -0.15) is 0 Å². The Kier molecular flexibility index (Phi) is 3.62. The van der Waals surface area contributed by atoms with Crippen LogP contribution >= 0.6 is 0 Å². The number of hydrogen-bond donors (Lipinski definition) is 2. The van der Waals surface area contributed by atoms with Crippen molar-refractivity contribution >= 4 is 23.5 Å². The van der Waals surface area contributed by atoms with Crippen molar-refractivity contribution in [3.8, 4) is 0 Å². The van der Waals surface area contributed by atoms with Crippen LogP contribution in [0.15, 0.2) is 18.2 Å². The molecule has 0 aromatic heterocycles. The Hall–Kier alpha value is -2.37. The number of hydrogen-bond acceptors (Lipinski definition) is 3. The van der Waals surface area contributed by atoms with Crippen molar-refractivity contribution in [1.82, 2.24) is 10.2 Å². The Labute approximate surface area is 135 Å². The van der Waals surface area contributed by atoms with E-state index in [0.717, 1.165) is 28.9 Å². The number of carbonyl (C=O) groups excluding carboxylic acids is 3. The van der Waals surface area contributed by atoms with Crippen LogP contribution in [0, 0.1) is 19.8 Å². The maximum absolute atomic E-state index is 12.5. The van der Waals surface area contributed by atoms with Gasteiger partial charge in [0.2, 0.25) is 5.91 Å². The van der Waals surface area contributed by atoms with E-state index in [1.807, 2.05) is 32.0 Å². The molecule has 2 aliphatic rings. The van der Waals surface area contributed by atoms with Gasteiger partial charge in [-0.1, -0.05) is 17.7 Å². The molecule has 1 atom stereocenters. The van der Waals surface area contributed by atoms with Crippen LogP contribution in [0.5, 0.6) is 0 Å². The predicted molar refractivity (Wildman–Crippen MR) is 85.9 cm³/mol. The Morgan fingerprint density at radius 2 is 2.04 bits per heavy atom. The number of urea groups is 1.